The van der Waals surface area contributed by atoms with Gasteiger partial charge in [0, 0.05) is 31.4 Å². The maximum absolute atomic E-state index is 9.45. The van der Waals surface area contributed by atoms with E-state index in [1.165, 1.54) is 0 Å². The number of anilines is 2. The van der Waals surface area contributed by atoms with E-state index >= 15 is 0 Å². The molecule has 3 rings (SSSR count). The third kappa shape index (κ3) is 3.68. The summed E-state index contributed by atoms with van der Waals surface area (Å²) in [7, 11) is 1.60. The minimum atomic E-state index is 0.155. The van der Waals surface area contributed by atoms with Gasteiger partial charge in [-0.05, 0) is 24.5 Å². The molecule has 0 bridgehead atoms. The molecule has 1 saturated heterocycles. The number of aromatic nitrogens is 3. The predicted molar refractivity (Wildman–Crippen MR) is 87.6 cm³/mol. The van der Waals surface area contributed by atoms with Crippen LogP contribution in [-0.2, 0) is 6.54 Å². The molecule has 7 heteroatoms. The highest BCUT2D eigenvalue weighted by molar-refractivity contribution is 5.50. The molecule has 0 spiro atoms. The van der Waals surface area contributed by atoms with Gasteiger partial charge in [0.1, 0.15) is 18.0 Å². The molecule has 0 aliphatic carbocycles. The van der Waals surface area contributed by atoms with Crippen molar-refractivity contribution in [1.82, 2.24) is 15.0 Å². The summed E-state index contributed by atoms with van der Waals surface area (Å²) in [5, 5.41) is 12.7. The number of rotatable bonds is 6. The van der Waals surface area contributed by atoms with Crippen molar-refractivity contribution < 1.29 is 9.84 Å². The largest absolute Gasteiger partial charge is 0.481 e. The van der Waals surface area contributed by atoms with Gasteiger partial charge >= 0.3 is 0 Å². The minimum absolute atomic E-state index is 0.155. The van der Waals surface area contributed by atoms with Crippen molar-refractivity contribution in [2.24, 2.45) is 0 Å². The van der Waals surface area contributed by atoms with Crippen LogP contribution in [0.25, 0.3) is 0 Å². The Morgan fingerprint density at radius 1 is 1.35 bits per heavy atom. The van der Waals surface area contributed by atoms with Gasteiger partial charge in [-0.25, -0.2) is 15.0 Å². The molecule has 1 atom stereocenters. The topological polar surface area (TPSA) is 83.4 Å². The summed E-state index contributed by atoms with van der Waals surface area (Å²) in [6.45, 7) is 1.70. The van der Waals surface area contributed by atoms with Gasteiger partial charge in [-0.3, -0.25) is 0 Å². The number of methoxy groups -OCH3 is 1. The summed E-state index contributed by atoms with van der Waals surface area (Å²) >= 11 is 0. The van der Waals surface area contributed by atoms with Crippen LogP contribution in [0.2, 0.25) is 0 Å². The smallest absolute Gasteiger partial charge is 0.213 e. The normalized spacial score (nSPS) is 17.3. The average molecular weight is 315 g/mol. The maximum atomic E-state index is 9.45. The first-order chi connectivity index (χ1) is 11.3. The number of nitrogens with zero attached hydrogens (tertiary/aromatic N) is 4. The van der Waals surface area contributed by atoms with Crippen LogP contribution in [0.4, 0.5) is 11.6 Å². The molecule has 1 aliphatic rings. The average Bonchev–Trinajstić information content (AvgIpc) is 3.09. The minimum Gasteiger partial charge on any atom is -0.481 e. The zero-order chi connectivity index (χ0) is 16.1. The summed E-state index contributed by atoms with van der Waals surface area (Å²) in [5.74, 6) is 2.20. The molecule has 0 aromatic carbocycles. The molecule has 23 heavy (non-hydrogen) atoms. The molecule has 1 aliphatic heterocycles. The van der Waals surface area contributed by atoms with E-state index in [1.54, 1.807) is 19.6 Å². The maximum Gasteiger partial charge on any atom is 0.213 e. The second-order valence-electron chi connectivity index (χ2n) is 5.49. The van der Waals surface area contributed by atoms with Gasteiger partial charge in [-0.15, -0.1) is 0 Å². The lowest BCUT2D eigenvalue weighted by Crippen LogP contribution is -2.32. The van der Waals surface area contributed by atoms with Crippen LogP contribution in [-0.4, -0.2) is 46.4 Å². The summed E-state index contributed by atoms with van der Waals surface area (Å²) in [5.41, 5.74) is 1.06. The van der Waals surface area contributed by atoms with Crippen molar-refractivity contribution in [1.29, 1.82) is 0 Å². The van der Waals surface area contributed by atoms with E-state index in [0.717, 1.165) is 36.6 Å². The zero-order valence-electron chi connectivity index (χ0n) is 13.1. The highest BCUT2D eigenvalue weighted by atomic mass is 16.5. The van der Waals surface area contributed by atoms with E-state index in [1.807, 2.05) is 18.2 Å². The number of aliphatic hydroxyl groups is 1. The Labute approximate surface area is 135 Å². The molecule has 2 aromatic heterocycles. The molecular formula is C16H21N5O2. The van der Waals surface area contributed by atoms with Crippen LogP contribution >= 0.6 is 0 Å². The standard InChI is InChI=1S/C16H21N5O2/c1-23-16-7-12(4-5-17-16)9-18-14-8-15(20-11-19-14)21-6-2-3-13(21)10-22/h4-5,7-8,11,13,22H,2-3,6,9-10H2,1H3,(H,18,19,20)/t13-/m0/s1. The molecule has 2 aromatic rings. The van der Waals surface area contributed by atoms with Crippen LogP contribution in [0, 0.1) is 0 Å². The van der Waals surface area contributed by atoms with Gasteiger partial charge in [-0.1, -0.05) is 0 Å². The number of pyridine rings is 1. The Kier molecular flexibility index (Phi) is 4.87. The molecule has 0 unspecified atom stereocenters. The first kappa shape index (κ1) is 15.5. The van der Waals surface area contributed by atoms with Crippen LogP contribution in [0.15, 0.2) is 30.7 Å². The van der Waals surface area contributed by atoms with E-state index in [0.29, 0.717) is 12.4 Å². The highest BCUT2D eigenvalue weighted by Crippen LogP contribution is 2.24. The molecule has 1 fully saturated rings. The lowest BCUT2D eigenvalue weighted by Gasteiger charge is -2.24. The fourth-order valence-corrected chi connectivity index (χ4v) is 2.79. The van der Waals surface area contributed by atoms with E-state index in [4.69, 9.17) is 4.74 Å². The predicted octanol–water partition coefficient (Wildman–Crippen LogP) is 1.45. The first-order valence-electron chi connectivity index (χ1n) is 7.72. The molecule has 0 saturated carbocycles. The summed E-state index contributed by atoms with van der Waals surface area (Å²) in [4.78, 5) is 14.8. The Balaban J connectivity index is 1.67. The Morgan fingerprint density at radius 3 is 3.09 bits per heavy atom. The van der Waals surface area contributed by atoms with Crippen molar-refractivity contribution in [2.75, 3.05) is 30.5 Å². The second-order valence-corrected chi connectivity index (χ2v) is 5.49. The Hall–Kier alpha value is -2.41. The molecule has 3 heterocycles. The van der Waals surface area contributed by atoms with Gasteiger partial charge in [-0.2, -0.15) is 0 Å². The van der Waals surface area contributed by atoms with E-state index in [9.17, 15) is 5.11 Å². The van der Waals surface area contributed by atoms with Gasteiger partial charge in [0.2, 0.25) is 5.88 Å². The van der Waals surface area contributed by atoms with Gasteiger partial charge in [0.15, 0.2) is 0 Å². The molecule has 2 N–H and O–H groups in total. The van der Waals surface area contributed by atoms with Crippen LogP contribution in [0.3, 0.4) is 0 Å². The number of ether oxygens (including phenoxy) is 1. The lowest BCUT2D eigenvalue weighted by molar-refractivity contribution is 0.266. The number of aliphatic hydroxyl groups excluding tert-OH is 1. The van der Waals surface area contributed by atoms with Crippen LogP contribution in [0.5, 0.6) is 5.88 Å². The van der Waals surface area contributed by atoms with Gasteiger partial charge in [0.05, 0.1) is 19.8 Å². The highest BCUT2D eigenvalue weighted by Gasteiger charge is 2.25. The van der Waals surface area contributed by atoms with Crippen molar-refractivity contribution >= 4 is 11.6 Å². The fourth-order valence-electron chi connectivity index (χ4n) is 2.79. The Morgan fingerprint density at radius 2 is 2.26 bits per heavy atom. The van der Waals surface area contributed by atoms with Gasteiger partial charge < -0.3 is 20.1 Å². The zero-order valence-corrected chi connectivity index (χ0v) is 13.1. The monoisotopic (exact) mass is 315 g/mol. The first-order valence-corrected chi connectivity index (χ1v) is 7.72. The van der Waals surface area contributed by atoms with Crippen LogP contribution in [0.1, 0.15) is 18.4 Å². The van der Waals surface area contributed by atoms with Crippen molar-refractivity contribution in [3.8, 4) is 5.88 Å². The van der Waals surface area contributed by atoms with Crippen molar-refractivity contribution in [2.45, 2.75) is 25.4 Å². The summed E-state index contributed by atoms with van der Waals surface area (Å²) in [6.07, 6.45) is 5.35. The molecule has 0 amide bonds. The molecular weight excluding hydrogens is 294 g/mol. The van der Waals surface area contributed by atoms with Gasteiger partial charge in [0.25, 0.3) is 0 Å². The quantitative estimate of drug-likeness (QED) is 0.835. The summed E-state index contributed by atoms with van der Waals surface area (Å²) < 4.78 is 5.12. The third-order valence-electron chi connectivity index (χ3n) is 4.02. The second kappa shape index (κ2) is 7.23. The molecule has 0 radical (unpaired) electrons. The van der Waals surface area contributed by atoms with E-state index in [-0.39, 0.29) is 12.6 Å². The number of hydrogen-bond donors (Lipinski definition) is 2. The molecule has 122 valence electrons. The third-order valence-corrected chi connectivity index (χ3v) is 4.02. The van der Waals surface area contributed by atoms with Crippen molar-refractivity contribution in [3.05, 3.63) is 36.3 Å². The number of nitrogens with one attached hydrogen (secondary N) is 1. The van der Waals surface area contributed by atoms with Crippen LogP contribution < -0.4 is 15.0 Å². The van der Waals surface area contributed by atoms with E-state index in [2.05, 4.69) is 25.2 Å². The lowest BCUT2D eigenvalue weighted by atomic mass is 10.2. The Bertz CT molecular complexity index is 652. The number of hydrogen-bond acceptors (Lipinski definition) is 7. The molecule has 7 nitrogen and oxygen atoms in total. The SMILES string of the molecule is COc1cc(CNc2cc(N3CCC[C@H]3CO)ncn2)ccn1. The van der Waals surface area contributed by atoms with Crippen molar-refractivity contribution in [3.63, 3.8) is 0 Å². The van der Waals surface area contributed by atoms with E-state index < -0.39 is 0 Å². The summed E-state index contributed by atoms with van der Waals surface area (Å²) in [6, 6.07) is 5.89. The fraction of sp³-hybridized carbons (Fsp3) is 0.438.